The fraction of sp³-hybridized carbons (Fsp3) is 0.455. The van der Waals surface area contributed by atoms with Crippen LogP contribution in [0.1, 0.15) is 29.6 Å². The number of pyridine rings is 1. The number of unbranched alkanes of at least 4 members (excludes halogenated alkanes) is 1. The lowest BCUT2D eigenvalue weighted by atomic mass is 10.1. The molecule has 0 spiro atoms. The smallest absolute Gasteiger partial charge is 0.251 e. The first-order valence-corrected chi connectivity index (χ1v) is 9.93. The van der Waals surface area contributed by atoms with E-state index in [0.717, 1.165) is 49.1 Å². The van der Waals surface area contributed by atoms with E-state index in [1.54, 1.807) is 6.20 Å². The van der Waals surface area contributed by atoms with Gasteiger partial charge in [-0.25, -0.2) is 0 Å². The van der Waals surface area contributed by atoms with Crippen LogP contribution in [0.2, 0.25) is 0 Å². The summed E-state index contributed by atoms with van der Waals surface area (Å²) in [5.74, 6) is 0.00888. The van der Waals surface area contributed by atoms with Gasteiger partial charge >= 0.3 is 0 Å². The van der Waals surface area contributed by atoms with Gasteiger partial charge in [0.1, 0.15) is 0 Å². The number of fused-ring (bicyclic) bond motifs is 2. The highest BCUT2D eigenvalue weighted by Crippen LogP contribution is 2.29. The number of amides is 1. The molecule has 4 rings (SSSR count). The zero-order valence-corrected chi connectivity index (χ0v) is 16.0. The zero-order chi connectivity index (χ0) is 18.6. The number of nitrogens with one attached hydrogen (secondary N) is 1. The van der Waals surface area contributed by atoms with Crippen LogP contribution >= 0.6 is 0 Å². The summed E-state index contributed by atoms with van der Waals surface area (Å²) in [6, 6.07) is 13.2. The number of likely N-dealkylation sites (N-methyl/N-ethyl adjacent to an activating group) is 1. The van der Waals surface area contributed by atoms with Gasteiger partial charge in [-0.05, 0) is 62.2 Å². The fourth-order valence-electron chi connectivity index (χ4n) is 4.31. The van der Waals surface area contributed by atoms with Gasteiger partial charge in [0.15, 0.2) is 0 Å². The SMILES string of the molecule is CN1C[C@@H]2C[C@H]1CN2CCCCNC(=O)c1ccc(-c2cccnc2)cc1. The van der Waals surface area contributed by atoms with Gasteiger partial charge in [0, 0.05) is 49.7 Å². The maximum absolute atomic E-state index is 12.3. The number of hydrogen-bond donors (Lipinski definition) is 1. The Hall–Kier alpha value is -2.24. The van der Waals surface area contributed by atoms with Crippen LogP contribution < -0.4 is 5.32 Å². The first-order chi connectivity index (χ1) is 13.2. The van der Waals surface area contributed by atoms with Gasteiger partial charge in [-0.15, -0.1) is 0 Å². The maximum Gasteiger partial charge on any atom is 0.251 e. The standard InChI is InChI=1S/C22H28N4O/c1-25-15-21-13-20(25)16-26(21)12-3-2-11-24-22(27)18-8-6-17(7-9-18)19-5-4-10-23-14-19/h4-10,14,20-21H,2-3,11-13,15-16H2,1H3,(H,24,27)/t20-,21-/m0/s1. The second-order valence-electron chi connectivity index (χ2n) is 7.76. The Morgan fingerprint density at radius 1 is 1.11 bits per heavy atom. The summed E-state index contributed by atoms with van der Waals surface area (Å²) in [5.41, 5.74) is 2.85. The number of carbonyl (C=O) groups is 1. The topological polar surface area (TPSA) is 48.5 Å². The third kappa shape index (κ3) is 4.20. The van der Waals surface area contributed by atoms with Gasteiger partial charge in [0.2, 0.25) is 0 Å². The Balaban J connectivity index is 1.18. The molecule has 0 saturated carbocycles. The van der Waals surface area contributed by atoms with Crippen LogP contribution in [-0.2, 0) is 0 Å². The molecule has 2 saturated heterocycles. The van der Waals surface area contributed by atoms with Crippen molar-refractivity contribution in [1.29, 1.82) is 0 Å². The maximum atomic E-state index is 12.3. The van der Waals surface area contributed by atoms with Gasteiger partial charge < -0.3 is 10.2 Å². The van der Waals surface area contributed by atoms with Crippen molar-refractivity contribution >= 4 is 5.91 Å². The van der Waals surface area contributed by atoms with E-state index in [2.05, 4.69) is 27.1 Å². The van der Waals surface area contributed by atoms with E-state index < -0.39 is 0 Å². The number of likely N-dealkylation sites (tertiary alicyclic amines) is 2. The Morgan fingerprint density at radius 3 is 2.63 bits per heavy atom. The van der Waals surface area contributed by atoms with Gasteiger partial charge in [-0.3, -0.25) is 14.7 Å². The molecule has 1 aromatic heterocycles. The molecule has 5 nitrogen and oxygen atoms in total. The summed E-state index contributed by atoms with van der Waals surface area (Å²) in [7, 11) is 2.24. The first kappa shape index (κ1) is 18.1. The molecule has 0 unspecified atom stereocenters. The minimum atomic E-state index is 0.00888. The Bertz CT molecular complexity index is 760. The number of carbonyl (C=O) groups excluding carboxylic acids is 1. The van der Waals surface area contributed by atoms with Crippen molar-refractivity contribution in [2.24, 2.45) is 0 Å². The average molecular weight is 364 g/mol. The molecule has 142 valence electrons. The highest BCUT2D eigenvalue weighted by Gasteiger charge is 2.40. The highest BCUT2D eigenvalue weighted by atomic mass is 16.1. The van der Waals surface area contributed by atoms with Crippen LogP contribution in [0.4, 0.5) is 0 Å². The van der Waals surface area contributed by atoms with E-state index in [0.29, 0.717) is 5.56 Å². The molecule has 0 radical (unpaired) electrons. The zero-order valence-electron chi connectivity index (χ0n) is 16.0. The Labute approximate surface area is 161 Å². The van der Waals surface area contributed by atoms with Gasteiger partial charge in [-0.2, -0.15) is 0 Å². The molecular weight excluding hydrogens is 336 g/mol. The van der Waals surface area contributed by atoms with E-state index in [1.165, 1.54) is 19.5 Å². The summed E-state index contributed by atoms with van der Waals surface area (Å²) in [5, 5.41) is 3.05. The van der Waals surface area contributed by atoms with E-state index in [1.807, 2.05) is 42.6 Å². The summed E-state index contributed by atoms with van der Waals surface area (Å²) in [6.07, 6.45) is 7.11. The van der Waals surface area contributed by atoms with Crippen molar-refractivity contribution < 1.29 is 4.79 Å². The Kier molecular flexibility index (Phi) is 5.50. The lowest BCUT2D eigenvalue weighted by molar-refractivity contribution is 0.0951. The number of benzene rings is 1. The third-order valence-electron chi connectivity index (χ3n) is 5.93. The lowest BCUT2D eigenvalue weighted by Crippen LogP contribution is -2.44. The van der Waals surface area contributed by atoms with Crippen LogP contribution in [0.25, 0.3) is 11.1 Å². The molecular formula is C22H28N4O. The molecule has 3 heterocycles. The number of nitrogens with zero attached hydrogens (tertiary/aromatic N) is 3. The van der Waals surface area contributed by atoms with Crippen molar-refractivity contribution in [3.63, 3.8) is 0 Å². The molecule has 5 heteroatoms. The molecule has 1 aromatic carbocycles. The van der Waals surface area contributed by atoms with E-state index in [-0.39, 0.29) is 5.91 Å². The van der Waals surface area contributed by atoms with Crippen molar-refractivity contribution in [3.8, 4) is 11.1 Å². The molecule has 2 atom stereocenters. The summed E-state index contributed by atoms with van der Waals surface area (Å²) < 4.78 is 0. The number of piperazine rings is 1. The predicted molar refractivity (Wildman–Crippen MR) is 108 cm³/mol. The minimum Gasteiger partial charge on any atom is -0.352 e. The summed E-state index contributed by atoms with van der Waals surface area (Å²) in [4.78, 5) is 21.6. The molecule has 27 heavy (non-hydrogen) atoms. The quantitative estimate of drug-likeness (QED) is 0.768. The molecule has 0 aliphatic carbocycles. The lowest BCUT2D eigenvalue weighted by Gasteiger charge is -2.31. The second kappa shape index (κ2) is 8.19. The van der Waals surface area contributed by atoms with Crippen molar-refractivity contribution in [2.45, 2.75) is 31.3 Å². The highest BCUT2D eigenvalue weighted by molar-refractivity contribution is 5.94. The van der Waals surface area contributed by atoms with E-state index in [4.69, 9.17) is 0 Å². The molecule has 2 bridgehead atoms. The van der Waals surface area contributed by atoms with Crippen molar-refractivity contribution in [2.75, 3.05) is 33.2 Å². The fourth-order valence-corrected chi connectivity index (χ4v) is 4.31. The first-order valence-electron chi connectivity index (χ1n) is 9.93. The Morgan fingerprint density at radius 2 is 1.96 bits per heavy atom. The van der Waals surface area contributed by atoms with Crippen LogP contribution in [-0.4, -0.2) is 66.0 Å². The molecule has 2 aromatic rings. The predicted octanol–water partition coefficient (Wildman–Crippen LogP) is 2.65. The van der Waals surface area contributed by atoms with Gasteiger partial charge in [-0.1, -0.05) is 18.2 Å². The van der Waals surface area contributed by atoms with Crippen LogP contribution in [0.5, 0.6) is 0 Å². The van der Waals surface area contributed by atoms with Crippen LogP contribution in [0, 0.1) is 0 Å². The van der Waals surface area contributed by atoms with Crippen molar-refractivity contribution in [1.82, 2.24) is 20.1 Å². The summed E-state index contributed by atoms with van der Waals surface area (Å²) >= 11 is 0. The van der Waals surface area contributed by atoms with Crippen molar-refractivity contribution in [3.05, 3.63) is 54.4 Å². The van der Waals surface area contributed by atoms with E-state index >= 15 is 0 Å². The number of rotatable bonds is 7. The van der Waals surface area contributed by atoms with Crippen LogP contribution in [0.15, 0.2) is 48.8 Å². The number of aromatic nitrogens is 1. The molecule has 2 fully saturated rings. The molecule has 2 aliphatic heterocycles. The normalized spacial score (nSPS) is 22.3. The molecule has 1 N–H and O–H groups in total. The molecule has 2 aliphatic rings. The third-order valence-corrected chi connectivity index (χ3v) is 5.93. The number of hydrogen-bond acceptors (Lipinski definition) is 4. The van der Waals surface area contributed by atoms with E-state index in [9.17, 15) is 4.79 Å². The van der Waals surface area contributed by atoms with Gasteiger partial charge in [0.25, 0.3) is 5.91 Å². The monoisotopic (exact) mass is 364 g/mol. The molecule has 1 amide bonds. The minimum absolute atomic E-state index is 0.00888. The average Bonchev–Trinajstić information content (AvgIpc) is 3.27. The second-order valence-corrected chi connectivity index (χ2v) is 7.76. The van der Waals surface area contributed by atoms with Crippen LogP contribution in [0.3, 0.4) is 0 Å². The van der Waals surface area contributed by atoms with Gasteiger partial charge in [0.05, 0.1) is 0 Å². The largest absolute Gasteiger partial charge is 0.352 e. The summed E-state index contributed by atoms with van der Waals surface area (Å²) in [6.45, 7) is 4.34.